The maximum Gasteiger partial charge on any atom is 0.414 e. The van der Waals surface area contributed by atoms with Gasteiger partial charge in [-0.25, -0.2) is 9.59 Å². The molecule has 0 aliphatic carbocycles. The average Bonchev–Trinajstić information content (AvgIpc) is 3.13. The molecule has 1 saturated heterocycles. The van der Waals surface area contributed by atoms with Gasteiger partial charge in [0.05, 0.1) is 26.2 Å². The number of carbonyl (C=O) groups excluding carboxylic acids is 1. The zero-order valence-electron chi connectivity index (χ0n) is 16.6. The minimum atomic E-state index is -1.82. The predicted octanol–water partition coefficient (Wildman–Crippen LogP) is 0.787. The Bertz CT molecular complexity index is 864. The van der Waals surface area contributed by atoms with E-state index in [1.807, 2.05) is 29.2 Å². The number of aliphatic carboxylic acids is 2. The van der Waals surface area contributed by atoms with Crippen LogP contribution in [0, 0.1) is 0 Å². The van der Waals surface area contributed by atoms with Gasteiger partial charge in [0.1, 0.15) is 5.75 Å². The summed E-state index contributed by atoms with van der Waals surface area (Å²) >= 11 is 0. The average molecular weight is 421 g/mol. The maximum absolute atomic E-state index is 11.4. The molecule has 2 heterocycles. The molecule has 1 aliphatic rings. The van der Waals surface area contributed by atoms with E-state index in [0.717, 1.165) is 24.4 Å². The van der Waals surface area contributed by atoms with Crippen molar-refractivity contribution in [3.8, 4) is 5.75 Å². The second kappa shape index (κ2) is 10.9. The lowest BCUT2D eigenvalue weighted by Crippen LogP contribution is -2.47. The van der Waals surface area contributed by atoms with E-state index < -0.39 is 11.9 Å². The van der Waals surface area contributed by atoms with Crippen LogP contribution in [-0.4, -0.2) is 76.5 Å². The van der Waals surface area contributed by atoms with Crippen molar-refractivity contribution in [3.63, 3.8) is 0 Å². The van der Waals surface area contributed by atoms with Crippen molar-refractivity contribution >= 4 is 17.9 Å². The highest BCUT2D eigenvalue weighted by atomic mass is 16.5. The molecular formula is C19H23N3O8. The minimum Gasteiger partial charge on any atom is -0.496 e. The first-order valence-corrected chi connectivity index (χ1v) is 9.12. The molecule has 162 valence electrons. The van der Waals surface area contributed by atoms with Crippen LogP contribution in [0.2, 0.25) is 0 Å². The standard InChI is InChI=1S/C17H21N3O4.C2H2O4/c1-3-23-16(21)11-20-9-13(10-20)17-18-15(19-24-17)8-12-6-4-5-7-14(12)22-2;3-1(4)2(5)6/h4-7,13H,3,8-11H2,1-2H3;(H,3,4)(H,5,6). The van der Waals surface area contributed by atoms with Crippen molar-refractivity contribution in [1.29, 1.82) is 0 Å². The molecule has 11 nitrogen and oxygen atoms in total. The molecule has 1 aromatic carbocycles. The number of esters is 1. The second-order valence-corrected chi connectivity index (χ2v) is 6.34. The molecule has 0 amide bonds. The number of hydrogen-bond donors (Lipinski definition) is 2. The second-order valence-electron chi connectivity index (χ2n) is 6.34. The summed E-state index contributed by atoms with van der Waals surface area (Å²) < 4.78 is 15.6. The molecule has 0 radical (unpaired) electrons. The summed E-state index contributed by atoms with van der Waals surface area (Å²) in [6, 6.07) is 7.78. The Morgan fingerprint density at radius 2 is 1.87 bits per heavy atom. The number of rotatable bonds is 7. The fourth-order valence-corrected chi connectivity index (χ4v) is 2.77. The van der Waals surface area contributed by atoms with Gasteiger partial charge in [-0.2, -0.15) is 4.98 Å². The summed E-state index contributed by atoms with van der Waals surface area (Å²) in [5.41, 5.74) is 1.02. The topological polar surface area (TPSA) is 152 Å². The molecule has 30 heavy (non-hydrogen) atoms. The van der Waals surface area contributed by atoms with E-state index >= 15 is 0 Å². The van der Waals surface area contributed by atoms with Crippen LogP contribution in [0.15, 0.2) is 28.8 Å². The van der Waals surface area contributed by atoms with Crippen LogP contribution in [0.25, 0.3) is 0 Å². The number of hydrogen-bond acceptors (Lipinski definition) is 9. The van der Waals surface area contributed by atoms with Crippen molar-refractivity contribution < 1.29 is 38.6 Å². The van der Waals surface area contributed by atoms with Crippen LogP contribution in [0.1, 0.15) is 30.1 Å². The van der Waals surface area contributed by atoms with Gasteiger partial charge >= 0.3 is 17.9 Å². The van der Waals surface area contributed by atoms with Crippen molar-refractivity contribution in [1.82, 2.24) is 15.0 Å². The van der Waals surface area contributed by atoms with Crippen LogP contribution in [0.5, 0.6) is 5.75 Å². The third-order valence-electron chi connectivity index (χ3n) is 4.17. The fraction of sp³-hybridized carbons (Fsp3) is 0.421. The molecule has 1 fully saturated rings. The smallest absolute Gasteiger partial charge is 0.414 e. The van der Waals surface area contributed by atoms with E-state index in [1.165, 1.54) is 0 Å². The van der Waals surface area contributed by atoms with Gasteiger partial charge in [-0.1, -0.05) is 23.4 Å². The van der Waals surface area contributed by atoms with Crippen molar-refractivity contribution in [2.75, 3.05) is 33.4 Å². The van der Waals surface area contributed by atoms with Crippen molar-refractivity contribution in [3.05, 3.63) is 41.5 Å². The molecule has 3 rings (SSSR count). The van der Waals surface area contributed by atoms with Gasteiger partial charge in [0, 0.05) is 25.1 Å². The number of aromatic nitrogens is 2. The van der Waals surface area contributed by atoms with Crippen LogP contribution in [0.4, 0.5) is 0 Å². The monoisotopic (exact) mass is 421 g/mol. The summed E-state index contributed by atoms with van der Waals surface area (Å²) in [6.45, 7) is 3.99. The number of benzene rings is 1. The normalized spacial score (nSPS) is 13.5. The highest BCUT2D eigenvalue weighted by Crippen LogP contribution is 2.26. The molecule has 0 bridgehead atoms. The van der Waals surface area contributed by atoms with Gasteiger partial charge in [-0.15, -0.1) is 0 Å². The number of likely N-dealkylation sites (tertiary alicyclic amines) is 1. The molecule has 1 aliphatic heterocycles. The lowest BCUT2D eigenvalue weighted by atomic mass is 10.0. The number of carboxylic acids is 2. The summed E-state index contributed by atoms with van der Waals surface area (Å²) in [6.07, 6.45) is 0.562. The molecule has 0 spiro atoms. The zero-order chi connectivity index (χ0) is 22.1. The highest BCUT2D eigenvalue weighted by Gasteiger charge is 2.33. The number of para-hydroxylation sites is 1. The molecule has 2 aromatic rings. The number of nitrogens with zero attached hydrogens (tertiary/aromatic N) is 3. The summed E-state index contributed by atoms with van der Waals surface area (Å²) in [4.78, 5) is 36.1. The molecule has 1 aromatic heterocycles. The molecule has 0 unspecified atom stereocenters. The van der Waals surface area contributed by atoms with Crippen molar-refractivity contribution in [2.45, 2.75) is 19.3 Å². The lowest BCUT2D eigenvalue weighted by Gasteiger charge is -2.35. The maximum atomic E-state index is 11.4. The van der Waals surface area contributed by atoms with Gasteiger partial charge in [0.15, 0.2) is 5.82 Å². The summed E-state index contributed by atoms with van der Waals surface area (Å²) in [5, 5.41) is 18.8. The third-order valence-corrected chi connectivity index (χ3v) is 4.17. The largest absolute Gasteiger partial charge is 0.496 e. The van der Waals surface area contributed by atoms with Crippen LogP contribution >= 0.6 is 0 Å². The Hall–Kier alpha value is -3.47. The molecule has 11 heteroatoms. The number of ether oxygens (including phenoxy) is 2. The lowest BCUT2D eigenvalue weighted by molar-refractivity contribution is -0.159. The Balaban J connectivity index is 0.000000469. The SMILES string of the molecule is CCOC(=O)CN1CC(c2nc(Cc3ccccc3OC)no2)C1.O=C(O)C(=O)O. The number of carboxylic acid groups (broad SMARTS) is 2. The van der Waals surface area contributed by atoms with E-state index in [2.05, 4.69) is 10.1 Å². The summed E-state index contributed by atoms with van der Waals surface area (Å²) in [7, 11) is 1.65. The van der Waals surface area contributed by atoms with Crippen LogP contribution in [0.3, 0.4) is 0 Å². The summed E-state index contributed by atoms with van der Waals surface area (Å²) in [5.74, 6) is -1.59. The first kappa shape index (κ1) is 22.8. The Morgan fingerprint density at radius 1 is 1.20 bits per heavy atom. The van der Waals surface area contributed by atoms with Crippen LogP contribution in [-0.2, 0) is 25.5 Å². The van der Waals surface area contributed by atoms with Gasteiger partial charge in [-0.3, -0.25) is 9.69 Å². The minimum absolute atomic E-state index is 0.179. The first-order valence-electron chi connectivity index (χ1n) is 9.12. The molecule has 2 N–H and O–H groups in total. The Labute approximate surface area is 172 Å². The highest BCUT2D eigenvalue weighted by molar-refractivity contribution is 6.27. The quantitative estimate of drug-likeness (QED) is 0.482. The van der Waals surface area contributed by atoms with Crippen LogP contribution < -0.4 is 4.74 Å². The van der Waals surface area contributed by atoms with Gasteiger partial charge in [-0.05, 0) is 13.0 Å². The van der Waals surface area contributed by atoms with Gasteiger partial charge in [0.2, 0.25) is 5.89 Å². The van der Waals surface area contributed by atoms with E-state index in [9.17, 15) is 4.79 Å². The Morgan fingerprint density at radius 3 is 2.47 bits per heavy atom. The number of carbonyl (C=O) groups is 3. The first-order chi connectivity index (χ1) is 14.3. The predicted molar refractivity (Wildman–Crippen MR) is 101 cm³/mol. The third kappa shape index (κ3) is 6.55. The molecule has 0 atom stereocenters. The zero-order valence-corrected chi connectivity index (χ0v) is 16.6. The molecule has 0 saturated carbocycles. The van der Waals surface area contributed by atoms with E-state index in [4.69, 9.17) is 33.8 Å². The van der Waals surface area contributed by atoms with Crippen molar-refractivity contribution in [2.24, 2.45) is 0 Å². The fourth-order valence-electron chi connectivity index (χ4n) is 2.77. The Kier molecular flexibility index (Phi) is 8.29. The van der Waals surface area contributed by atoms with Gasteiger partial charge in [0.25, 0.3) is 0 Å². The van der Waals surface area contributed by atoms with E-state index in [1.54, 1.807) is 14.0 Å². The molecular weight excluding hydrogens is 398 g/mol. The van der Waals surface area contributed by atoms with E-state index in [-0.39, 0.29) is 11.9 Å². The number of methoxy groups -OCH3 is 1. The van der Waals surface area contributed by atoms with Gasteiger partial charge < -0.3 is 24.2 Å². The van der Waals surface area contributed by atoms with E-state index in [0.29, 0.717) is 31.3 Å².